The molecule has 0 aliphatic heterocycles. The largest absolute Gasteiger partial charge is 0.494 e. The lowest BCUT2D eigenvalue weighted by atomic mass is 10.2. The standard InChI is InChI=1S/C8H8ClFN2O2.2C2H6/c1-14-7-3-5(9)4(2-6(7)10)8(11)12-13;2*1-2/h2-3,13H,1H3,(H2,11,12);2*1-2H3. The molecule has 3 N–H and O–H groups in total. The van der Waals surface area contributed by atoms with E-state index in [4.69, 9.17) is 27.3 Å². The van der Waals surface area contributed by atoms with Gasteiger partial charge in [0.05, 0.1) is 12.1 Å². The second-order valence-electron chi connectivity index (χ2n) is 2.45. The lowest BCUT2D eigenvalue weighted by Gasteiger charge is -2.06. The molecule has 0 aliphatic carbocycles. The van der Waals surface area contributed by atoms with Crippen molar-refractivity contribution in [3.05, 3.63) is 28.5 Å². The van der Waals surface area contributed by atoms with Crippen LogP contribution in [0.4, 0.5) is 4.39 Å². The van der Waals surface area contributed by atoms with Crippen LogP contribution < -0.4 is 10.5 Å². The summed E-state index contributed by atoms with van der Waals surface area (Å²) in [6.07, 6.45) is 0. The van der Waals surface area contributed by atoms with Crippen LogP contribution in [-0.2, 0) is 0 Å². The average Bonchev–Trinajstić information content (AvgIpc) is 2.44. The highest BCUT2D eigenvalue weighted by atomic mass is 35.5. The first-order valence-electron chi connectivity index (χ1n) is 5.61. The Balaban J connectivity index is 0. The molecule has 0 aliphatic rings. The monoisotopic (exact) mass is 278 g/mol. The van der Waals surface area contributed by atoms with Crippen LogP contribution in [0.5, 0.6) is 5.75 Å². The fourth-order valence-corrected chi connectivity index (χ4v) is 1.19. The molecule has 0 amide bonds. The summed E-state index contributed by atoms with van der Waals surface area (Å²) in [4.78, 5) is 0. The molecule has 0 radical (unpaired) electrons. The minimum Gasteiger partial charge on any atom is -0.494 e. The van der Waals surface area contributed by atoms with Gasteiger partial charge in [0, 0.05) is 11.6 Å². The number of oxime groups is 1. The van der Waals surface area contributed by atoms with Crippen LogP contribution in [-0.4, -0.2) is 18.2 Å². The summed E-state index contributed by atoms with van der Waals surface area (Å²) in [6, 6.07) is 2.29. The first-order chi connectivity index (χ1) is 8.60. The molecule has 18 heavy (non-hydrogen) atoms. The van der Waals surface area contributed by atoms with Gasteiger partial charge >= 0.3 is 0 Å². The van der Waals surface area contributed by atoms with Gasteiger partial charge in [-0.15, -0.1) is 0 Å². The molecule has 0 bridgehead atoms. The second kappa shape index (κ2) is 10.7. The molecule has 0 saturated heterocycles. The van der Waals surface area contributed by atoms with Crippen LogP contribution in [0.15, 0.2) is 17.3 Å². The van der Waals surface area contributed by atoms with Gasteiger partial charge in [0.25, 0.3) is 0 Å². The molecule has 1 rings (SSSR count). The van der Waals surface area contributed by atoms with Crippen LogP contribution in [0.1, 0.15) is 33.3 Å². The maximum atomic E-state index is 13.2. The molecule has 0 spiro atoms. The Labute approximate surface area is 112 Å². The Morgan fingerprint density at radius 2 is 1.83 bits per heavy atom. The smallest absolute Gasteiger partial charge is 0.171 e. The first kappa shape index (κ1) is 18.9. The number of methoxy groups -OCH3 is 1. The van der Waals surface area contributed by atoms with E-state index in [2.05, 4.69) is 5.16 Å². The zero-order valence-corrected chi connectivity index (χ0v) is 12.0. The minimum atomic E-state index is -0.626. The number of hydrogen-bond acceptors (Lipinski definition) is 3. The molecule has 1 aromatic rings. The van der Waals surface area contributed by atoms with Gasteiger partial charge in [-0.3, -0.25) is 0 Å². The zero-order valence-electron chi connectivity index (χ0n) is 11.3. The maximum absolute atomic E-state index is 13.2. The number of halogens is 2. The highest BCUT2D eigenvalue weighted by Gasteiger charge is 2.11. The molecule has 1 aromatic carbocycles. The van der Waals surface area contributed by atoms with E-state index in [9.17, 15) is 4.39 Å². The first-order valence-corrected chi connectivity index (χ1v) is 5.99. The molecule has 6 heteroatoms. The molecular formula is C12H20ClFN2O2. The highest BCUT2D eigenvalue weighted by molar-refractivity contribution is 6.34. The number of nitrogens with zero attached hydrogens (tertiary/aromatic N) is 1. The summed E-state index contributed by atoms with van der Waals surface area (Å²) in [6.45, 7) is 8.00. The molecule has 0 aromatic heterocycles. The predicted molar refractivity (Wildman–Crippen MR) is 73.2 cm³/mol. The molecule has 4 nitrogen and oxygen atoms in total. The van der Waals surface area contributed by atoms with E-state index in [0.29, 0.717) is 0 Å². The van der Waals surface area contributed by atoms with Crippen molar-refractivity contribution in [3.8, 4) is 5.75 Å². The number of amidine groups is 1. The molecule has 0 unspecified atom stereocenters. The van der Waals surface area contributed by atoms with Crippen LogP contribution in [0.3, 0.4) is 0 Å². The van der Waals surface area contributed by atoms with Crippen molar-refractivity contribution in [2.75, 3.05) is 7.11 Å². The summed E-state index contributed by atoms with van der Waals surface area (Å²) >= 11 is 5.74. The molecular weight excluding hydrogens is 259 g/mol. The lowest BCUT2D eigenvalue weighted by molar-refractivity contribution is 0.318. The van der Waals surface area contributed by atoms with Gasteiger partial charge in [-0.2, -0.15) is 0 Å². The van der Waals surface area contributed by atoms with Gasteiger partial charge in [0.1, 0.15) is 0 Å². The summed E-state index contributed by atoms with van der Waals surface area (Å²) in [5.74, 6) is -0.875. The number of nitrogens with two attached hydrogens (primary N) is 1. The fourth-order valence-electron chi connectivity index (χ4n) is 0.935. The van der Waals surface area contributed by atoms with Gasteiger partial charge in [-0.25, -0.2) is 4.39 Å². The van der Waals surface area contributed by atoms with E-state index in [-0.39, 0.29) is 22.2 Å². The van der Waals surface area contributed by atoms with Crippen molar-refractivity contribution in [1.82, 2.24) is 0 Å². The van der Waals surface area contributed by atoms with E-state index >= 15 is 0 Å². The highest BCUT2D eigenvalue weighted by Crippen LogP contribution is 2.25. The van der Waals surface area contributed by atoms with Crippen LogP contribution in [0.25, 0.3) is 0 Å². The minimum absolute atomic E-state index is 0.00416. The number of rotatable bonds is 2. The third-order valence-electron chi connectivity index (χ3n) is 1.63. The van der Waals surface area contributed by atoms with Gasteiger partial charge in [-0.1, -0.05) is 44.5 Å². The van der Waals surface area contributed by atoms with Crippen molar-refractivity contribution >= 4 is 17.4 Å². The number of ether oxygens (including phenoxy) is 1. The summed E-state index contributed by atoms with van der Waals surface area (Å²) < 4.78 is 17.8. The molecule has 104 valence electrons. The summed E-state index contributed by atoms with van der Waals surface area (Å²) in [5, 5.41) is 11.3. The van der Waals surface area contributed by atoms with Crippen LogP contribution in [0, 0.1) is 5.82 Å². The van der Waals surface area contributed by atoms with Crippen molar-refractivity contribution in [3.63, 3.8) is 0 Å². The van der Waals surface area contributed by atoms with E-state index in [1.807, 2.05) is 27.7 Å². The van der Waals surface area contributed by atoms with Gasteiger partial charge in [0.15, 0.2) is 17.4 Å². The van der Waals surface area contributed by atoms with Crippen LogP contribution in [0.2, 0.25) is 5.02 Å². The van der Waals surface area contributed by atoms with Crippen molar-refractivity contribution in [2.24, 2.45) is 10.9 Å². The normalized spacial score (nSPS) is 9.61. The maximum Gasteiger partial charge on any atom is 0.171 e. The van der Waals surface area contributed by atoms with Gasteiger partial charge in [0.2, 0.25) is 0 Å². The lowest BCUT2D eigenvalue weighted by Crippen LogP contribution is -2.14. The molecule has 0 atom stereocenters. The third-order valence-corrected chi connectivity index (χ3v) is 1.94. The second-order valence-corrected chi connectivity index (χ2v) is 2.86. The number of hydrogen-bond donors (Lipinski definition) is 2. The summed E-state index contributed by atoms with van der Waals surface area (Å²) in [7, 11) is 1.32. The number of benzene rings is 1. The van der Waals surface area contributed by atoms with E-state index < -0.39 is 5.82 Å². The van der Waals surface area contributed by atoms with Gasteiger partial charge < -0.3 is 15.7 Å². The fraction of sp³-hybridized carbons (Fsp3) is 0.417. The van der Waals surface area contributed by atoms with Crippen molar-refractivity contribution in [2.45, 2.75) is 27.7 Å². The molecule has 0 saturated carbocycles. The summed E-state index contributed by atoms with van der Waals surface area (Å²) in [5.41, 5.74) is 5.38. The van der Waals surface area contributed by atoms with Crippen molar-refractivity contribution < 1.29 is 14.3 Å². The SMILES string of the molecule is CC.CC.COc1cc(Cl)c(/C(N)=N/O)cc1F. The Kier molecular flexibility index (Phi) is 11.2. The molecule has 0 fully saturated rings. The average molecular weight is 279 g/mol. The molecule has 0 heterocycles. The Morgan fingerprint density at radius 3 is 2.22 bits per heavy atom. The Bertz CT molecular complexity index is 385. The Hall–Kier alpha value is -1.49. The quantitative estimate of drug-likeness (QED) is 0.376. The Morgan fingerprint density at radius 1 is 1.33 bits per heavy atom. The topological polar surface area (TPSA) is 67.8 Å². The van der Waals surface area contributed by atoms with Crippen molar-refractivity contribution in [1.29, 1.82) is 0 Å². The van der Waals surface area contributed by atoms with E-state index in [1.54, 1.807) is 0 Å². The van der Waals surface area contributed by atoms with Gasteiger partial charge in [-0.05, 0) is 6.07 Å². The predicted octanol–water partition coefficient (Wildman–Crippen LogP) is 3.63. The third kappa shape index (κ3) is 5.23. The zero-order chi connectivity index (χ0) is 14.7. The van der Waals surface area contributed by atoms with E-state index in [1.165, 1.54) is 13.2 Å². The van der Waals surface area contributed by atoms with E-state index in [0.717, 1.165) is 6.07 Å². The van der Waals surface area contributed by atoms with Crippen LogP contribution >= 0.6 is 11.6 Å².